The van der Waals surface area contributed by atoms with Crippen LogP contribution in [0.5, 0.6) is 5.75 Å². The van der Waals surface area contributed by atoms with E-state index in [4.69, 9.17) is 30.0 Å². The van der Waals surface area contributed by atoms with Crippen molar-refractivity contribution in [3.63, 3.8) is 0 Å². The second-order valence-electron chi connectivity index (χ2n) is 3.22. The van der Waals surface area contributed by atoms with Crippen LogP contribution < -0.4 is 8.60 Å². The first-order valence-corrected chi connectivity index (χ1v) is 16.1. The molecule has 3 nitrogen and oxygen atoms in total. The van der Waals surface area contributed by atoms with Crippen molar-refractivity contribution in [1.29, 1.82) is 0 Å². The van der Waals surface area contributed by atoms with Gasteiger partial charge < -0.3 is 0 Å². The predicted molar refractivity (Wildman–Crippen MR) is 64.8 cm³/mol. The summed E-state index contributed by atoms with van der Waals surface area (Å²) in [7, 11) is 18.5. The van der Waals surface area contributed by atoms with E-state index in [0.717, 1.165) is 0 Å². The van der Waals surface area contributed by atoms with Crippen LogP contribution in [0.1, 0.15) is 6.92 Å². The van der Waals surface area contributed by atoms with E-state index >= 15 is 0 Å². The van der Waals surface area contributed by atoms with E-state index in [1.54, 1.807) is 13.0 Å². The molecule has 0 fully saturated rings. The molecule has 1 heterocycles. The molecule has 1 aromatic rings. The quantitative estimate of drug-likeness (QED) is 0.643. The number of hydrogen-bond acceptors (Lipinski definition) is 2. The number of phenols is 1. The fraction of sp³-hybridized carbons (Fsp3) is 0.125. The number of hydrogen-bond donors (Lipinski definition) is 2. The molecule has 2 N–H and O–H groups in total. The molecule has 15 heavy (non-hydrogen) atoms. The van der Waals surface area contributed by atoms with Gasteiger partial charge in [0.1, 0.15) is 0 Å². The summed E-state index contributed by atoms with van der Waals surface area (Å²) in [6, 6.07) is 4.57. The minimum atomic E-state index is -4.69. The van der Waals surface area contributed by atoms with Gasteiger partial charge in [0.05, 0.1) is 0 Å². The summed E-state index contributed by atoms with van der Waals surface area (Å²) in [6.45, 7) is 1.67. The average molecular weight is 385 g/mol. The summed E-state index contributed by atoms with van der Waals surface area (Å²) in [5.74, 6) is 0.556. The van der Waals surface area contributed by atoms with E-state index in [0.29, 0.717) is 15.2 Å². The van der Waals surface area contributed by atoms with Crippen LogP contribution in [0.15, 0.2) is 18.2 Å². The number of aromatic hydroxyl groups is 1. The van der Waals surface area contributed by atoms with Gasteiger partial charge >= 0.3 is 100 Å². The Kier molecular flexibility index (Phi) is 2.57. The zero-order chi connectivity index (χ0) is 11.3. The van der Waals surface area contributed by atoms with Crippen LogP contribution >= 0.6 is 26.9 Å². The van der Waals surface area contributed by atoms with Gasteiger partial charge in [0.15, 0.2) is 0 Å². The fourth-order valence-electron chi connectivity index (χ4n) is 1.41. The normalized spacial score (nSPS) is 24.0. The number of benzene rings is 1. The van der Waals surface area contributed by atoms with Crippen molar-refractivity contribution in [2.45, 2.75) is 6.92 Å². The number of fused-ring (bicyclic) bond motifs is 1. The van der Waals surface area contributed by atoms with Gasteiger partial charge in [-0.05, 0) is 0 Å². The Hall–Kier alpha value is 0.150. The molecule has 1 aromatic carbocycles. The molecule has 0 saturated carbocycles. The van der Waals surface area contributed by atoms with Crippen molar-refractivity contribution >= 4 is 55.9 Å². The summed E-state index contributed by atoms with van der Waals surface area (Å²) in [4.78, 5) is 2.91. The minimum absolute atomic E-state index is 0.116. The molecule has 1 aliphatic rings. The summed E-state index contributed by atoms with van der Waals surface area (Å²) in [6.07, 6.45) is 0. The van der Waals surface area contributed by atoms with E-state index in [1.807, 2.05) is 0 Å². The molecule has 84 valence electrons. The van der Waals surface area contributed by atoms with Gasteiger partial charge in [-0.1, -0.05) is 0 Å². The van der Waals surface area contributed by atoms with E-state index in [9.17, 15) is 5.11 Å². The van der Waals surface area contributed by atoms with E-state index in [-0.39, 0.29) is 5.75 Å². The number of phenolic OH excluding ortho intramolecular Hbond substituents is 1. The van der Waals surface area contributed by atoms with Gasteiger partial charge in [-0.25, -0.2) is 0 Å². The molecule has 0 amide bonds. The van der Waals surface area contributed by atoms with Gasteiger partial charge in [0.25, 0.3) is 0 Å². The number of rotatable bonds is 0. The molecule has 0 aromatic heterocycles. The molecule has 0 bridgehead atoms. The zero-order valence-electron chi connectivity index (χ0n) is 7.67. The Morgan fingerprint density at radius 1 is 1.33 bits per heavy atom. The Morgan fingerprint density at radius 3 is 2.67 bits per heavy atom. The third kappa shape index (κ3) is 2.15. The zero-order valence-corrected chi connectivity index (χ0v) is 12.5. The Morgan fingerprint density at radius 2 is 2.00 bits per heavy atom. The number of halogens is 3. The molecular formula is C8H9Cl3NO2Te+. The van der Waals surface area contributed by atoms with Gasteiger partial charge in [-0.15, -0.1) is 0 Å². The van der Waals surface area contributed by atoms with Crippen LogP contribution in [0, 0.1) is 0 Å². The third-order valence-corrected chi connectivity index (χ3v) is 11.9. The molecule has 0 aliphatic carbocycles. The van der Waals surface area contributed by atoms with Gasteiger partial charge in [0, 0.05) is 0 Å². The topological polar surface area (TPSA) is 43.4 Å². The van der Waals surface area contributed by atoms with Crippen LogP contribution in [-0.2, 0) is 3.10 Å². The summed E-state index contributed by atoms with van der Waals surface area (Å²) < 4.78 is 5.89. The monoisotopic (exact) mass is 386 g/mol. The molecule has 1 aliphatic heterocycles. The van der Waals surface area contributed by atoms with Crippen molar-refractivity contribution in [3.05, 3.63) is 18.2 Å². The maximum atomic E-state index is 9.33. The summed E-state index contributed by atoms with van der Waals surface area (Å²) in [5, 5.41) is 9.33. The van der Waals surface area contributed by atoms with E-state index in [1.165, 1.54) is 12.1 Å². The first-order chi connectivity index (χ1) is 6.76. The Balaban J connectivity index is 2.73. The van der Waals surface area contributed by atoms with Crippen molar-refractivity contribution in [1.82, 2.24) is 0 Å². The summed E-state index contributed by atoms with van der Waals surface area (Å²) >= 11 is -4.69. The maximum absolute atomic E-state index is 9.33. The third-order valence-electron chi connectivity index (χ3n) is 1.95. The van der Waals surface area contributed by atoms with Crippen molar-refractivity contribution in [2.24, 2.45) is 0 Å². The van der Waals surface area contributed by atoms with Crippen LogP contribution in [0.3, 0.4) is 0 Å². The molecule has 0 atom stereocenters. The van der Waals surface area contributed by atoms with Gasteiger partial charge in [0.2, 0.25) is 0 Å². The van der Waals surface area contributed by atoms with Crippen molar-refractivity contribution < 1.29 is 13.2 Å². The second kappa shape index (κ2) is 3.32. The first-order valence-electron chi connectivity index (χ1n) is 4.08. The fourth-order valence-corrected chi connectivity index (χ4v) is 10.4. The number of nitrogens with one attached hydrogen (secondary N) is 1. The molecular weight excluding hydrogens is 376 g/mol. The molecule has 2 rings (SSSR count). The second-order valence-corrected chi connectivity index (χ2v) is 25.8. The Bertz CT molecular complexity index is 467. The molecule has 7 heteroatoms. The summed E-state index contributed by atoms with van der Waals surface area (Å²) in [5.41, 5.74) is 0.598. The first kappa shape index (κ1) is 11.6. The van der Waals surface area contributed by atoms with Gasteiger partial charge in [-0.3, -0.25) is 0 Å². The molecule has 0 spiro atoms. The standard InChI is InChI=1S/C8H8Cl3NO2Te/c1-5-12-7-4-6(13)2-3-8(7)15(9,10,11)14-5/h2-4,13,15H,1H3/p+1. The van der Waals surface area contributed by atoms with E-state index in [2.05, 4.69) is 4.99 Å². The van der Waals surface area contributed by atoms with Crippen LogP contribution in [-0.4, -0.2) is 24.9 Å². The molecule has 0 saturated heterocycles. The predicted octanol–water partition coefficient (Wildman–Crippen LogP) is 0.598. The molecule has 0 radical (unpaired) electrons. The van der Waals surface area contributed by atoms with E-state index < -0.39 is 13.9 Å². The van der Waals surface area contributed by atoms with Crippen LogP contribution in [0.2, 0.25) is 0 Å². The SMILES string of the molecule is CC1=[NH+]c2cc(O)ccc2[TeH](Cl)(Cl)(Cl)O1. The van der Waals surface area contributed by atoms with Crippen LogP contribution in [0.4, 0.5) is 5.69 Å². The van der Waals surface area contributed by atoms with Crippen molar-refractivity contribution in [2.75, 3.05) is 0 Å². The molecule has 0 unspecified atom stereocenters. The van der Waals surface area contributed by atoms with Gasteiger partial charge in [-0.2, -0.15) is 0 Å². The van der Waals surface area contributed by atoms with Crippen molar-refractivity contribution in [3.8, 4) is 5.75 Å². The Labute approximate surface area is 99.4 Å². The van der Waals surface area contributed by atoms with Crippen LogP contribution in [0.25, 0.3) is 0 Å². The average Bonchev–Trinajstić information content (AvgIpc) is 1.98.